The second-order valence-electron chi connectivity index (χ2n) is 10.2. The zero-order chi connectivity index (χ0) is 26.2. The zero-order valence-electron chi connectivity index (χ0n) is 21.6. The van der Waals surface area contributed by atoms with Gasteiger partial charge in [0.2, 0.25) is 11.8 Å². The molecule has 1 rings (SSSR count). The molecule has 4 N–H and O–H groups in total. The molecule has 0 aromatic heterocycles. The number of phenols is 1. The van der Waals surface area contributed by atoms with Crippen LogP contribution < -0.4 is 10.6 Å². The second-order valence-corrected chi connectivity index (χ2v) is 10.2. The average Bonchev–Trinajstić information content (AvgIpc) is 2.66. The largest absolute Gasteiger partial charge is 0.508 e. The van der Waals surface area contributed by atoms with Crippen molar-refractivity contribution in [2.24, 2.45) is 5.92 Å². The van der Waals surface area contributed by atoms with E-state index in [2.05, 4.69) is 10.6 Å². The van der Waals surface area contributed by atoms with E-state index in [4.69, 9.17) is 4.74 Å². The number of hydrogen-bond donors (Lipinski definition) is 4. The molecular formula is C25H41N3O6. The molecule has 0 bridgehead atoms. The molecule has 0 aliphatic rings. The van der Waals surface area contributed by atoms with Gasteiger partial charge in [0.15, 0.2) is 0 Å². The van der Waals surface area contributed by atoms with Crippen LogP contribution in [-0.4, -0.2) is 63.9 Å². The Hall–Kier alpha value is -2.81. The lowest BCUT2D eigenvalue weighted by molar-refractivity contribution is -0.143. The van der Waals surface area contributed by atoms with Gasteiger partial charge in [-0.2, -0.15) is 0 Å². The first kappa shape index (κ1) is 29.2. The lowest BCUT2D eigenvalue weighted by Gasteiger charge is -2.35. The molecule has 2 atom stereocenters. The fraction of sp³-hybridized carbons (Fsp3) is 0.640. The van der Waals surface area contributed by atoms with E-state index in [1.54, 1.807) is 53.7 Å². The van der Waals surface area contributed by atoms with E-state index < -0.39 is 35.6 Å². The van der Waals surface area contributed by atoms with Gasteiger partial charge in [-0.3, -0.25) is 9.59 Å². The summed E-state index contributed by atoms with van der Waals surface area (Å²) in [4.78, 5) is 40.8. The third kappa shape index (κ3) is 9.21. The highest BCUT2D eigenvalue weighted by molar-refractivity contribution is 5.92. The number of aliphatic hydroxyl groups excluding tert-OH is 1. The van der Waals surface area contributed by atoms with Crippen LogP contribution in [0.25, 0.3) is 0 Å². The predicted molar refractivity (Wildman–Crippen MR) is 130 cm³/mol. The van der Waals surface area contributed by atoms with Crippen molar-refractivity contribution in [3.63, 3.8) is 0 Å². The summed E-state index contributed by atoms with van der Waals surface area (Å²) in [7, 11) is 0. The van der Waals surface area contributed by atoms with Crippen molar-refractivity contribution in [3.8, 4) is 5.75 Å². The smallest absolute Gasteiger partial charge is 0.408 e. The first-order chi connectivity index (χ1) is 15.7. The fourth-order valence-corrected chi connectivity index (χ4v) is 3.50. The molecular weight excluding hydrogens is 438 g/mol. The maximum Gasteiger partial charge on any atom is 0.408 e. The number of benzene rings is 1. The van der Waals surface area contributed by atoms with Crippen molar-refractivity contribution in [1.29, 1.82) is 0 Å². The van der Waals surface area contributed by atoms with Gasteiger partial charge in [-0.15, -0.1) is 0 Å². The van der Waals surface area contributed by atoms with Gasteiger partial charge in [0.1, 0.15) is 23.4 Å². The summed E-state index contributed by atoms with van der Waals surface area (Å²) < 4.78 is 5.34. The van der Waals surface area contributed by atoms with Crippen LogP contribution in [0, 0.1) is 12.8 Å². The van der Waals surface area contributed by atoms with Gasteiger partial charge in [-0.25, -0.2) is 4.79 Å². The second kappa shape index (κ2) is 12.6. The van der Waals surface area contributed by atoms with Crippen molar-refractivity contribution in [2.75, 3.05) is 13.2 Å². The molecule has 0 fully saturated rings. The first-order valence-corrected chi connectivity index (χ1v) is 11.7. The quantitative estimate of drug-likeness (QED) is 0.408. The van der Waals surface area contributed by atoms with Crippen LogP contribution in [-0.2, 0) is 14.3 Å². The lowest BCUT2D eigenvalue weighted by atomic mass is 9.98. The van der Waals surface area contributed by atoms with E-state index in [0.717, 1.165) is 0 Å². The van der Waals surface area contributed by atoms with E-state index >= 15 is 0 Å². The van der Waals surface area contributed by atoms with E-state index in [0.29, 0.717) is 17.5 Å². The number of amides is 3. The van der Waals surface area contributed by atoms with Gasteiger partial charge in [0, 0.05) is 12.6 Å². The molecule has 9 nitrogen and oxygen atoms in total. The average molecular weight is 480 g/mol. The molecule has 0 radical (unpaired) electrons. The van der Waals surface area contributed by atoms with Gasteiger partial charge < -0.3 is 30.5 Å². The number of alkyl carbamates (subject to hydrolysis) is 1. The van der Waals surface area contributed by atoms with Gasteiger partial charge >= 0.3 is 6.09 Å². The summed E-state index contributed by atoms with van der Waals surface area (Å²) in [6, 6.07) is 2.45. The van der Waals surface area contributed by atoms with Crippen LogP contribution in [0.15, 0.2) is 18.2 Å². The molecule has 192 valence electrons. The van der Waals surface area contributed by atoms with Gasteiger partial charge in [-0.05, 0) is 77.1 Å². The number of nitrogens with zero attached hydrogens (tertiary/aromatic N) is 1. The highest BCUT2D eigenvalue weighted by Crippen LogP contribution is 2.27. The number of aromatic hydroxyl groups is 1. The number of aryl methyl sites for hydroxylation is 1. The van der Waals surface area contributed by atoms with Crippen LogP contribution in [0.1, 0.15) is 72.1 Å². The standard InChI is InChI=1S/C25H41N3O6/c1-15(2)13-19(27-24(33)34-25(6,7)8)23(32)28(11-12-29)21(22(31)26-16(3)4)18-9-10-20(30)17(5)14-18/h9-10,14-16,19,21,29-30H,11-13H2,1-8H3,(H,26,31)(H,27,33). The summed E-state index contributed by atoms with van der Waals surface area (Å²) >= 11 is 0. The Morgan fingerprint density at radius 1 is 1.09 bits per heavy atom. The van der Waals surface area contributed by atoms with E-state index in [1.807, 2.05) is 13.8 Å². The summed E-state index contributed by atoms with van der Waals surface area (Å²) in [6.07, 6.45) is -0.424. The normalized spacial score (nSPS) is 13.4. The Morgan fingerprint density at radius 2 is 1.71 bits per heavy atom. The number of carbonyl (C=O) groups is 3. The number of rotatable bonds is 10. The number of aliphatic hydroxyl groups is 1. The van der Waals surface area contributed by atoms with E-state index in [1.165, 1.54) is 11.0 Å². The van der Waals surface area contributed by atoms with Crippen molar-refractivity contribution in [1.82, 2.24) is 15.5 Å². The Morgan fingerprint density at radius 3 is 2.18 bits per heavy atom. The molecule has 0 aliphatic carbocycles. The van der Waals surface area contributed by atoms with E-state index in [9.17, 15) is 24.6 Å². The van der Waals surface area contributed by atoms with Crippen LogP contribution in [0.2, 0.25) is 0 Å². The van der Waals surface area contributed by atoms with Crippen molar-refractivity contribution >= 4 is 17.9 Å². The molecule has 9 heteroatoms. The maximum absolute atomic E-state index is 13.7. The minimum absolute atomic E-state index is 0.0544. The van der Waals surface area contributed by atoms with E-state index in [-0.39, 0.29) is 30.9 Å². The molecule has 0 aliphatic heterocycles. The summed E-state index contributed by atoms with van der Waals surface area (Å²) in [6.45, 7) is 13.8. The molecule has 3 amide bonds. The molecule has 0 saturated heterocycles. The molecule has 2 unspecified atom stereocenters. The fourth-order valence-electron chi connectivity index (χ4n) is 3.50. The number of phenolic OH excluding ortho intramolecular Hbond substituents is 1. The van der Waals surface area contributed by atoms with Crippen molar-refractivity contribution in [2.45, 2.75) is 85.5 Å². The van der Waals surface area contributed by atoms with Crippen LogP contribution in [0.4, 0.5) is 4.79 Å². The van der Waals surface area contributed by atoms with Gasteiger partial charge in [-0.1, -0.05) is 19.9 Å². The molecule has 0 heterocycles. The number of nitrogens with one attached hydrogen (secondary N) is 2. The van der Waals surface area contributed by atoms with Crippen molar-refractivity contribution in [3.05, 3.63) is 29.3 Å². The summed E-state index contributed by atoms with van der Waals surface area (Å²) in [5, 5.41) is 25.2. The van der Waals surface area contributed by atoms with Gasteiger partial charge in [0.25, 0.3) is 0 Å². The Kier molecular flexibility index (Phi) is 10.8. The third-order valence-electron chi connectivity index (χ3n) is 4.85. The molecule has 1 aromatic carbocycles. The molecule has 34 heavy (non-hydrogen) atoms. The number of ether oxygens (including phenoxy) is 1. The van der Waals surface area contributed by atoms with Crippen LogP contribution in [0.3, 0.4) is 0 Å². The lowest BCUT2D eigenvalue weighted by Crippen LogP contribution is -2.54. The highest BCUT2D eigenvalue weighted by atomic mass is 16.6. The monoisotopic (exact) mass is 479 g/mol. The predicted octanol–water partition coefficient (Wildman–Crippen LogP) is 3.03. The number of carbonyl (C=O) groups excluding carboxylic acids is 3. The van der Waals surface area contributed by atoms with Crippen LogP contribution in [0.5, 0.6) is 5.75 Å². The Bertz CT molecular complexity index is 848. The first-order valence-electron chi connectivity index (χ1n) is 11.7. The van der Waals surface area contributed by atoms with Crippen molar-refractivity contribution < 1.29 is 29.3 Å². The minimum Gasteiger partial charge on any atom is -0.508 e. The zero-order valence-corrected chi connectivity index (χ0v) is 21.6. The molecule has 0 spiro atoms. The minimum atomic E-state index is -1.07. The Labute approximate surface area is 202 Å². The molecule has 1 aromatic rings. The summed E-state index contributed by atoms with van der Waals surface area (Å²) in [5.74, 6) is -0.819. The SMILES string of the molecule is Cc1cc(C(C(=O)NC(C)C)N(CCO)C(=O)C(CC(C)C)NC(=O)OC(C)(C)C)ccc1O. The topological polar surface area (TPSA) is 128 Å². The molecule has 0 saturated carbocycles. The third-order valence-corrected chi connectivity index (χ3v) is 4.85. The number of hydrogen-bond acceptors (Lipinski definition) is 6. The maximum atomic E-state index is 13.7. The Balaban J connectivity index is 3.45. The summed E-state index contributed by atoms with van der Waals surface area (Å²) in [5.41, 5.74) is 0.279. The highest BCUT2D eigenvalue weighted by Gasteiger charge is 2.36. The van der Waals surface area contributed by atoms with Crippen LogP contribution >= 0.6 is 0 Å². The van der Waals surface area contributed by atoms with Gasteiger partial charge in [0.05, 0.1) is 6.61 Å².